The normalized spacial score (nSPS) is 20.3. The molecular weight excluding hydrogens is 314 g/mol. The van der Waals surface area contributed by atoms with Crippen molar-refractivity contribution in [2.75, 3.05) is 25.2 Å². The molecule has 2 rings (SSSR count). The highest BCUT2D eigenvalue weighted by atomic mass is 32.2. The van der Waals surface area contributed by atoms with Crippen molar-refractivity contribution in [3.63, 3.8) is 0 Å². The summed E-state index contributed by atoms with van der Waals surface area (Å²) >= 11 is 0. The average Bonchev–Trinajstić information content (AvgIpc) is 2.85. The first kappa shape index (κ1) is 17.6. The molecule has 2 N–H and O–H groups in total. The van der Waals surface area contributed by atoms with Gasteiger partial charge in [0.1, 0.15) is 5.75 Å². The summed E-state index contributed by atoms with van der Waals surface area (Å²) in [4.78, 5) is 4.16. The van der Waals surface area contributed by atoms with Crippen LogP contribution in [0, 0.1) is 6.92 Å². The molecule has 1 aliphatic rings. The van der Waals surface area contributed by atoms with E-state index in [1.807, 2.05) is 26.0 Å². The molecule has 23 heavy (non-hydrogen) atoms. The topological polar surface area (TPSA) is 79.8 Å². The van der Waals surface area contributed by atoms with Crippen molar-refractivity contribution in [3.05, 3.63) is 29.3 Å². The number of hydrogen-bond acceptors (Lipinski definition) is 4. The van der Waals surface area contributed by atoms with Crippen LogP contribution in [0.4, 0.5) is 0 Å². The number of ether oxygens (including phenoxy) is 1. The lowest BCUT2D eigenvalue weighted by Gasteiger charge is -2.16. The van der Waals surface area contributed by atoms with E-state index in [2.05, 4.69) is 21.7 Å². The standard InChI is InChI=1S/C16H25N3O3S/c1-4-22-15-6-5-13(9-12(15)2)10-18-16(17-3)19-14-7-8-23(20,21)11-14/h5-6,9,14H,4,7-8,10-11H2,1-3H3,(H2,17,18,19). The Morgan fingerprint density at radius 2 is 2.22 bits per heavy atom. The summed E-state index contributed by atoms with van der Waals surface area (Å²) in [7, 11) is -1.21. The molecular formula is C16H25N3O3S. The molecule has 1 aromatic rings. The number of aliphatic imine (C=N–C) groups is 1. The van der Waals surface area contributed by atoms with E-state index in [4.69, 9.17) is 4.74 Å². The molecule has 1 heterocycles. The third kappa shape index (κ3) is 5.13. The van der Waals surface area contributed by atoms with Crippen LogP contribution in [0.3, 0.4) is 0 Å². The molecule has 0 saturated carbocycles. The van der Waals surface area contributed by atoms with Gasteiger partial charge in [0.15, 0.2) is 15.8 Å². The SMILES string of the molecule is CCOc1ccc(CNC(=NC)NC2CCS(=O)(=O)C2)cc1C. The number of nitrogens with zero attached hydrogens (tertiary/aromatic N) is 1. The van der Waals surface area contributed by atoms with Gasteiger partial charge in [-0.3, -0.25) is 4.99 Å². The molecule has 1 saturated heterocycles. The monoisotopic (exact) mass is 339 g/mol. The molecule has 1 fully saturated rings. The minimum atomic E-state index is -2.89. The smallest absolute Gasteiger partial charge is 0.191 e. The van der Waals surface area contributed by atoms with Crippen LogP contribution < -0.4 is 15.4 Å². The Balaban J connectivity index is 1.90. The first-order valence-electron chi connectivity index (χ1n) is 7.83. The van der Waals surface area contributed by atoms with Crippen molar-refractivity contribution in [1.82, 2.24) is 10.6 Å². The number of aryl methyl sites for hydroxylation is 1. The number of rotatable bonds is 5. The van der Waals surface area contributed by atoms with Crippen molar-refractivity contribution in [1.29, 1.82) is 0 Å². The van der Waals surface area contributed by atoms with Gasteiger partial charge in [0.05, 0.1) is 18.1 Å². The maximum absolute atomic E-state index is 11.5. The van der Waals surface area contributed by atoms with Crippen molar-refractivity contribution in [2.24, 2.45) is 4.99 Å². The summed E-state index contributed by atoms with van der Waals surface area (Å²) in [5.41, 5.74) is 2.21. The molecule has 0 amide bonds. The quantitative estimate of drug-likeness (QED) is 0.623. The average molecular weight is 339 g/mol. The van der Waals surface area contributed by atoms with Gasteiger partial charge in [-0.2, -0.15) is 0 Å². The highest BCUT2D eigenvalue weighted by Gasteiger charge is 2.28. The van der Waals surface area contributed by atoms with Crippen molar-refractivity contribution >= 4 is 15.8 Å². The number of benzene rings is 1. The van der Waals surface area contributed by atoms with Crippen LogP contribution in [0.15, 0.2) is 23.2 Å². The molecule has 0 spiro atoms. The summed E-state index contributed by atoms with van der Waals surface area (Å²) in [6.45, 7) is 5.25. The summed E-state index contributed by atoms with van der Waals surface area (Å²) < 4.78 is 28.5. The molecule has 7 heteroatoms. The maximum atomic E-state index is 11.5. The first-order valence-corrected chi connectivity index (χ1v) is 9.65. The van der Waals surface area contributed by atoms with E-state index in [-0.39, 0.29) is 17.5 Å². The van der Waals surface area contributed by atoms with Crippen LogP contribution in [0.1, 0.15) is 24.5 Å². The third-order valence-electron chi connectivity index (χ3n) is 3.80. The van der Waals surface area contributed by atoms with Crippen LogP contribution in [0.5, 0.6) is 5.75 Å². The van der Waals surface area contributed by atoms with Crippen LogP contribution in [0.2, 0.25) is 0 Å². The van der Waals surface area contributed by atoms with Gasteiger partial charge in [-0.15, -0.1) is 0 Å². The Kier molecular flexibility index (Phi) is 5.87. The first-order chi connectivity index (χ1) is 10.9. The molecule has 6 nitrogen and oxygen atoms in total. The van der Waals surface area contributed by atoms with Gasteiger partial charge in [-0.25, -0.2) is 8.42 Å². The Morgan fingerprint density at radius 1 is 1.43 bits per heavy atom. The fourth-order valence-corrected chi connectivity index (χ4v) is 4.29. The molecule has 1 aliphatic heterocycles. The summed E-state index contributed by atoms with van der Waals surface area (Å²) in [5, 5.41) is 6.39. The van der Waals surface area contributed by atoms with E-state index in [0.717, 1.165) is 16.9 Å². The fourth-order valence-electron chi connectivity index (χ4n) is 2.62. The van der Waals surface area contributed by atoms with Crippen molar-refractivity contribution in [2.45, 2.75) is 32.9 Å². The minimum Gasteiger partial charge on any atom is -0.494 e. The van der Waals surface area contributed by atoms with Crippen LogP contribution in [0.25, 0.3) is 0 Å². The van der Waals surface area contributed by atoms with Crippen molar-refractivity contribution in [3.8, 4) is 5.75 Å². The van der Waals surface area contributed by atoms with Gasteiger partial charge in [0, 0.05) is 19.6 Å². The fraction of sp³-hybridized carbons (Fsp3) is 0.562. The number of nitrogens with one attached hydrogen (secondary N) is 2. The molecule has 1 unspecified atom stereocenters. The Morgan fingerprint density at radius 3 is 2.78 bits per heavy atom. The van der Waals surface area contributed by atoms with Gasteiger partial charge in [0.25, 0.3) is 0 Å². The van der Waals surface area contributed by atoms with Gasteiger partial charge in [-0.05, 0) is 37.5 Å². The predicted molar refractivity (Wildman–Crippen MR) is 92.7 cm³/mol. The molecule has 1 atom stereocenters. The molecule has 0 radical (unpaired) electrons. The number of hydrogen-bond donors (Lipinski definition) is 2. The Labute approximate surface area is 138 Å². The van der Waals surface area contributed by atoms with Crippen LogP contribution in [-0.4, -0.2) is 45.6 Å². The maximum Gasteiger partial charge on any atom is 0.191 e. The van der Waals surface area contributed by atoms with Gasteiger partial charge in [0.2, 0.25) is 0 Å². The third-order valence-corrected chi connectivity index (χ3v) is 5.56. The van der Waals surface area contributed by atoms with E-state index in [1.165, 1.54) is 0 Å². The molecule has 0 aromatic heterocycles. The Hall–Kier alpha value is -1.76. The summed E-state index contributed by atoms with van der Waals surface area (Å²) in [5.74, 6) is 1.95. The highest BCUT2D eigenvalue weighted by molar-refractivity contribution is 7.91. The predicted octanol–water partition coefficient (Wildman–Crippen LogP) is 1.25. The summed E-state index contributed by atoms with van der Waals surface area (Å²) in [6.07, 6.45) is 0.630. The van der Waals surface area contributed by atoms with Crippen LogP contribution in [-0.2, 0) is 16.4 Å². The summed E-state index contributed by atoms with van der Waals surface area (Å²) in [6, 6.07) is 5.99. The second-order valence-electron chi connectivity index (χ2n) is 5.70. The lowest BCUT2D eigenvalue weighted by molar-refractivity contribution is 0.338. The molecule has 0 aliphatic carbocycles. The zero-order chi connectivity index (χ0) is 16.9. The van der Waals surface area contributed by atoms with E-state index < -0.39 is 9.84 Å². The zero-order valence-electron chi connectivity index (χ0n) is 13.9. The second-order valence-corrected chi connectivity index (χ2v) is 7.93. The van der Waals surface area contributed by atoms with E-state index in [0.29, 0.717) is 25.5 Å². The molecule has 0 bridgehead atoms. The Bertz CT molecular complexity index is 671. The van der Waals surface area contributed by atoms with E-state index >= 15 is 0 Å². The van der Waals surface area contributed by atoms with E-state index in [1.54, 1.807) is 7.05 Å². The highest BCUT2D eigenvalue weighted by Crippen LogP contribution is 2.19. The minimum absolute atomic E-state index is 0.0618. The van der Waals surface area contributed by atoms with Gasteiger partial charge in [-0.1, -0.05) is 12.1 Å². The number of sulfone groups is 1. The molecule has 128 valence electrons. The zero-order valence-corrected chi connectivity index (χ0v) is 14.7. The largest absolute Gasteiger partial charge is 0.494 e. The molecule has 1 aromatic carbocycles. The lowest BCUT2D eigenvalue weighted by Crippen LogP contribution is -2.43. The van der Waals surface area contributed by atoms with Crippen LogP contribution >= 0.6 is 0 Å². The second kappa shape index (κ2) is 7.68. The van der Waals surface area contributed by atoms with Gasteiger partial charge >= 0.3 is 0 Å². The number of guanidine groups is 1. The van der Waals surface area contributed by atoms with E-state index in [9.17, 15) is 8.42 Å². The van der Waals surface area contributed by atoms with Crippen molar-refractivity contribution < 1.29 is 13.2 Å². The van der Waals surface area contributed by atoms with Gasteiger partial charge < -0.3 is 15.4 Å². The lowest BCUT2D eigenvalue weighted by atomic mass is 10.1.